The Bertz CT molecular complexity index is 767. The zero-order valence-corrected chi connectivity index (χ0v) is 14.3. The third-order valence-corrected chi connectivity index (χ3v) is 3.61. The fourth-order valence-corrected chi connectivity index (χ4v) is 2.34. The molecule has 0 fully saturated rings. The Morgan fingerprint density at radius 1 is 1.29 bits per heavy atom. The van der Waals surface area contributed by atoms with Gasteiger partial charge in [0.15, 0.2) is 0 Å². The normalized spacial score (nSPS) is 11.0. The molecule has 5 nitrogen and oxygen atoms in total. The third kappa shape index (κ3) is 4.13. The molecule has 0 aromatic heterocycles. The molecule has 2 aromatic rings. The Balaban J connectivity index is 2.42. The van der Waals surface area contributed by atoms with E-state index >= 15 is 0 Å². The number of aromatic hydroxyl groups is 1. The van der Waals surface area contributed by atoms with Crippen LogP contribution in [0, 0.1) is 6.92 Å². The number of rotatable bonds is 4. The number of phenols is 1. The van der Waals surface area contributed by atoms with E-state index in [1.165, 1.54) is 7.05 Å². The van der Waals surface area contributed by atoms with E-state index in [2.05, 4.69) is 24.2 Å². The van der Waals surface area contributed by atoms with Crippen LogP contribution in [0.1, 0.15) is 36.5 Å². The molecule has 0 aliphatic carbocycles. The first-order valence-corrected chi connectivity index (χ1v) is 7.78. The fraction of sp³-hybridized carbons (Fsp3) is 0.263. The summed E-state index contributed by atoms with van der Waals surface area (Å²) in [7, 11) is 1.52. The van der Waals surface area contributed by atoms with Crippen LogP contribution in [-0.2, 0) is 0 Å². The number of phenolic OH excluding ortho intramolecular Hbond substituents is 1. The van der Waals surface area contributed by atoms with E-state index in [0.29, 0.717) is 11.3 Å². The van der Waals surface area contributed by atoms with E-state index in [4.69, 9.17) is 4.74 Å². The minimum absolute atomic E-state index is 0.185. The fourth-order valence-electron chi connectivity index (χ4n) is 2.34. The van der Waals surface area contributed by atoms with Crippen molar-refractivity contribution in [2.24, 2.45) is 4.99 Å². The minimum atomic E-state index is -0.505. The number of ether oxygens (including phenoxy) is 1. The number of amides is 1. The molecule has 2 aromatic carbocycles. The maximum atomic E-state index is 11.4. The summed E-state index contributed by atoms with van der Waals surface area (Å²) in [6, 6.07) is 10.6. The van der Waals surface area contributed by atoms with Gasteiger partial charge in [-0.15, -0.1) is 0 Å². The van der Waals surface area contributed by atoms with Crippen LogP contribution in [-0.4, -0.2) is 24.5 Å². The van der Waals surface area contributed by atoms with E-state index in [0.717, 1.165) is 16.8 Å². The number of benzene rings is 2. The predicted molar refractivity (Wildman–Crippen MR) is 95.7 cm³/mol. The zero-order valence-electron chi connectivity index (χ0n) is 14.3. The molecule has 5 heteroatoms. The first-order chi connectivity index (χ1) is 11.4. The standard InChI is InChI=1S/C19H22N2O3/c1-12(2)16-10-15(24-19(23)20-4)9-13(3)18(16)21-11-14-7-5-6-8-17(14)22/h5-12,22H,1-4H3,(H,20,23)/b21-11+. The van der Waals surface area contributed by atoms with Crippen molar-refractivity contribution in [1.82, 2.24) is 5.32 Å². The van der Waals surface area contributed by atoms with Crippen LogP contribution < -0.4 is 10.1 Å². The summed E-state index contributed by atoms with van der Waals surface area (Å²) in [5.74, 6) is 0.870. The van der Waals surface area contributed by atoms with Gasteiger partial charge in [0.1, 0.15) is 11.5 Å². The Hall–Kier alpha value is -2.82. The van der Waals surface area contributed by atoms with Gasteiger partial charge in [-0.1, -0.05) is 26.0 Å². The first-order valence-electron chi connectivity index (χ1n) is 7.78. The van der Waals surface area contributed by atoms with Crippen molar-refractivity contribution in [2.75, 3.05) is 7.05 Å². The Morgan fingerprint density at radius 2 is 2.00 bits per heavy atom. The van der Waals surface area contributed by atoms with Crippen molar-refractivity contribution in [3.63, 3.8) is 0 Å². The van der Waals surface area contributed by atoms with Crippen molar-refractivity contribution >= 4 is 18.0 Å². The van der Waals surface area contributed by atoms with E-state index in [1.807, 2.05) is 19.1 Å². The highest BCUT2D eigenvalue weighted by Gasteiger charge is 2.13. The second-order valence-corrected chi connectivity index (χ2v) is 5.79. The molecule has 1 amide bonds. The molecule has 126 valence electrons. The number of hydrogen-bond acceptors (Lipinski definition) is 4. The Kier molecular flexibility index (Phi) is 5.58. The molecule has 0 aliphatic rings. The topological polar surface area (TPSA) is 70.9 Å². The smallest absolute Gasteiger partial charge is 0.412 e. The maximum Gasteiger partial charge on any atom is 0.412 e. The number of carbonyl (C=O) groups excluding carboxylic acids is 1. The van der Waals surface area contributed by atoms with E-state index in [9.17, 15) is 9.90 Å². The zero-order chi connectivity index (χ0) is 17.7. The van der Waals surface area contributed by atoms with Gasteiger partial charge in [-0.25, -0.2) is 4.79 Å². The number of aliphatic imine (C=N–C) groups is 1. The van der Waals surface area contributed by atoms with Gasteiger partial charge in [-0.2, -0.15) is 0 Å². The molecule has 0 unspecified atom stereocenters. The van der Waals surface area contributed by atoms with Gasteiger partial charge in [-0.3, -0.25) is 4.99 Å². The lowest BCUT2D eigenvalue weighted by atomic mass is 9.98. The summed E-state index contributed by atoms with van der Waals surface area (Å²) in [6.45, 7) is 6.02. The van der Waals surface area contributed by atoms with Crippen LogP contribution in [0.3, 0.4) is 0 Å². The Labute approximate surface area is 142 Å². The van der Waals surface area contributed by atoms with Crippen LogP contribution in [0.5, 0.6) is 11.5 Å². The summed E-state index contributed by atoms with van der Waals surface area (Å²) in [5.41, 5.74) is 3.34. The maximum absolute atomic E-state index is 11.4. The van der Waals surface area contributed by atoms with Gasteiger partial charge in [0, 0.05) is 18.8 Å². The highest BCUT2D eigenvalue weighted by atomic mass is 16.5. The monoisotopic (exact) mass is 326 g/mol. The second kappa shape index (κ2) is 7.64. The largest absolute Gasteiger partial charge is 0.507 e. The first kappa shape index (κ1) is 17.5. The lowest BCUT2D eigenvalue weighted by Gasteiger charge is -2.14. The van der Waals surface area contributed by atoms with Crippen molar-refractivity contribution < 1.29 is 14.6 Å². The number of nitrogens with zero attached hydrogens (tertiary/aromatic N) is 1. The van der Waals surface area contributed by atoms with Crippen LogP contribution in [0.15, 0.2) is 41.4 Å². The van der Waals surface area contributed by atoms with Gasteiger partial charge in [0.05, 0.1) is 5.69 Å². The van der Waals surface area contributed by atoms with Gasteiger partial charge in [-0.05, 0) is 48.2 Å². The van der Waals surface area contributed by atoms with Crippen molar-refractivity contribution in [3.05, 3.63) is 53.1 Å². The molecule has 0 heterocycles. The molecule has 0 atom stereocenters. The summed E-state index contributed by atoms with van der Waals surface area (Å²) in [4.78, 5) is 16.0. The molecular weight excluding hydrogens is 304 g/mol. The SMILES string of the molecule is CNC(=O)Oc1cc(C)c(/N=C/c2ccccc2O)c(C(C)C)c1. The molecule has 0 radical (unpaired) electrons. The molecule has 0 saturated heterocycles. The number of carbonyl (C=O) groups is 1. The number of nitrogens with one attached hydrogen (secondary N) is 1. The number of aryl methyl sites for hydroxylation is 1. The quantitative estimate of drug-likeness (QED) is 0.823. The van der Waals surface area contributed by atoms with Crippen molar-refractivity contribution in [1.29, 1.82) is 0 Å². The van der Waals surface area contributed by atoms with Crippen LogP contribution >= 0.6 is 0 Å². The van der Waals surface area contributed by atoms with E-state index in [1.54, 1.807) is 30.5 Å². The molecule has 0 saturated carbocycles. The highest BCUT2D eigenvalue weighted by molar-refractivity contribution is 5.86. The third-order valence-electron chi connectivity index (χ3n) is 3.61. The summed E-state index contributed by atoms with van der Waals surface area (Å²) in [6.07, 6.45) is 1.14. The lowest BCUT2D eigenvalue weighted by Crippen LogP contribution is -2.22. The minimum Gasteiger partial charge on any atom is -0.507 e. The highest BCUT2D eigenvalue weighted by Crippen LogP contribution is 2.34. The predicted octanol–water partition coefficient (Wildman–Crippen LogP) is 4.29. The summed E-state index contributed by atoms with van der Waals surface area (Å²) >= 11 is 0. The average Bonchev–Trinajstić information content (AvgIpc) is 2.54. The number of hydrogen-bond donors (Lipinski definition) is 2. The molecule has 0 aliphatic heterocycles. The molecule has 24 heavy (non-hydrogen) atoms. The van der Waals surface area contributed by atoms with Gasteiger partial charge >= 0.3 is 6.09 Å². The molecular formula is C19H22N2O3. The molecule has 2 rings (SSSR count). The number of para-hydroxylation sites is 1. The molecule has 0 bridgehead atoms. The van der Waals surface area contributed by atoms with Crippen molar-refractivity contribution in [3.8, 4) is 11.5 Å². The average molecular weight is 326 g/mol. The van der Waals surface area contributed by atoms with Gasteiger partial charge in [0.25, 0.3) is 0 Å². The van der Waals surface area contributed by atoms with Crippen LogP contribution in [0.2, 0.25) is 0 Å². The van der Waals surface area contributed by atoms with Crippen molar-refractivity contribution in [2.45, 2.75) is 26.7 Å². The summed E-state index contributed by atoms with van der Waals surface area (Å²) in [5, 5.41) is 12.3. The van der Waals surface area contributed by atoms with Gasteiger partial charge in [0.2, 0.25) is 0 Å². The van der Waals surface area contributed by atoms with Crippen LogP contribution in [0.25, 0.3) is 0 Å². The van der Waals surface area contributed by atoms with E-state index in [-0.39, 0.29) is 11.7 Å². The Morgan fingerprint density at radius 3 is 2.62 bits per heavy atom. The second-order valence-electron chi connectivity index (χ2n) is 5.79. The molecule has 2 N–H and O–H groups in total. The lowest BCUT2D eigenvalue weighted by molar-refractivity contribution is 0.203. The summed E-state index contributed by atoms with van der Waals surface area (Å²) < 4.78 is 5.23. The van der Waals surface area contributed by atoms with Crippen LogP contribution in [0.4, 0.5) is 10.5 Å². The van der Waals surface area contributed by atoms with E-state index < -0.39 is 6.09 Å². The molecule has 0 spiro atoms. The van der Waals surface area contributed by atoms with Gasteiger partial charge < -0.3 is 15.2 Å².